The van der Waals surface area contributed by atoms with Crippen molar-refractivity contribution in [2.75, 3.05) is 18.0 Å². The van der Waals surface area contributed by atoms with Gasteiger partial charge in [0.25, 0.3) is 5.69 Å². The average Bonchev–Trinajstić information content (AvgIpc) is 3.12. The highest BCUT2D eigenvalue weighted by Crippen LogP contribution is 2.47. The maximum absolute atomic E-state index is 13.6. The molecule has 102 valence electrons. The van der Waals surface area contributed by atoms with Crippen molar-refractivity contribution in [2.24, 2.45) is 5.92 Å². The zero-order valence-corrected chi connectivity index (χ0v) is 12.1. The standard InChI is InChI=1S/C12H12FIN2O3/c13-8-3-10(11(16(18)19)4-9(8)14)15-5-12(17,6-15)7-1-2-7/h3-4,7,17H,1-2,5-6H2. The summed E-state index contributed by atoms with van der Waals surface area (Å²) in [5.74, 6) is -0.167. The van der Waals surface area contributed by atoms with Gasteiger partial charge in [0.1, 0.15) is 17.1 Å². The van der Waals surface area contributed by atoms with Gasteiger partial charge < -0.3 is 10.0 Å². The monoisotopic (exact) mass is 378 g/mol. The molecule has 19 heavy (non-hydrogen) atoms. The van der Waals surface area contributed by atoms with Gasteiger partial charge in [-0.3, -0.25) is 10.1 Å². The Labute approximate surface area is 122 Å². The zero-order valence-electron chi connectivity index (χ0n) is 9.97. The molecule has 1 aromatic carbocycles. The molecule has 0 radical (unpaired) electrons. The predicted octanol–water partition coefficient (Wildman–Crippen LogP) is 2.30. The Hall–Kier alpha value is -0.960. The summed E-state index contributed by atoms with van der Waals surface area (Å²) in [6.45, 7) is 0.692. The smallest absolute Gasteiger partial charge is 0.293 e. The molecule has 1 saturated carbocycles. The summed E-state index contributed by atoms with van der Waals surface area (Å²) in [5, 5.41) is 21.3. The van der Waals surface area contributed by atoms with E-state index in [-0.39, 0.29) is 14.9 Å². The molecule has 0 aromatic heterocycles. The van der Waals surface area contributed by atoms with Crippen LogP contribution in [-0.2, 0) is 0 Å². The molecular weight excluding hydrogens is 366 g/mol. The topological polar surface area (TPSA) is 66.6 Å². The van der Waals surface area contributed by atoms with E-state index in [0.29, 0.717) is 19.0 Å². The Kier molecular flexibility index (Phi) is 2.93. The Morgan fingerprint density at radius 3 is 2.63 bits per heavy atom. The van der Waals surface area contributed by atoms with Gasteiger partial charge in [0, 0.05) is 25.2 Å². The number of anilines is 1. The SMILES string of the molecule is O=[N+]([O-])c1cc(I)c(F)cc1N1CC(O)(C2CC2)C1. The molecule has 2 aliphatic rings. The highest BCUT2D eigenvalue weighted by Gasteiger charge is 2.52. The Morgan fingerprint density at radius 2 is 2.11 bits per heavy atom. The summed E-state index contributed by atoms with van der Waals surface area (Å²) < 4.78 is 13.8. The molecule has 7 heteroatoms. The fourth-order valence-corrected chi connectivity index (χ4v) is 3.04. The number of aliphatic hydroxyl groups is 1. The lowest BCUT2D eigenvalue weighted by Gasteiger charge is -2.48. The molecule has 1 aliphatic heterocycles. The molecular formula is C12H12FIN2O3. The first-order valence-electron chi connectivity index (χ1n) is 6.01. The molecule has 0 atom stereocenters. The van der Waals surface area contributed by atoms with Crippen molar-refractivity contribution in [3.8, 4) is 0 Å². The van der Waals surface area contributed by atoms with Gasteiger partial charge in [-0.1, -0.05) is 0 Å². The maximum Gasteiger partial charge on any atom is 0.293 e. The van der Waals surface area contributed by atoms with Crippen LogP contribution in [0.1, 0.15) is 12.8 Å². The van der Waals surface area contributed by atoms with E-state index >= 15 is 0 Å². The first kappa shape index (κ1) is 13.0. The minimum Gasteiger partial charge on any atom is -0.386 e. The van der Waals surface area contributed by atoms with Gasteiger partial charge >= 0.3 is 0 Å². The van der Waals surface area contributed by atoms with Crippen LogP contribution in [0.15, 0.2) is 12.1 Å². The van der Waals surface area contributed by atoms with Gasteiger partial charge in [-0.05, 0) is 41.4 Å². The van der Waals surface area contributed by atoms with Crippen LogP contribution in [0.5, 0.6) is 0 Å². The lowest BCUT2D eigenvalue weighted by atomic mass is 9.88. The normalized spacial score (nSPS) is 21.1. The van der Waals surface area contributed by atoms with Crippen LogP contribution in [0, 0.1) is 25.4 Å². The van der Waals surface area contributed by atoms with Crippen molar-refractivity contribution in [2.45, 2.75) is 18.4 Å². The van der Waals surface area contributed by atoms with E-state index in [0.717, 1.165) is 12.8 Å². The number of hydrogen-bond acceptors (Lipinski definition) is 4. The lowest BCUT2D eigenvalue weighted by Crippen LogP contribution is -2.63. The number of rotatable bonds is 3. The van der Waals surface area contributed by atoms with Crippen LogP contribution in [0.4, 0.5) is 15.8 Å². The fourth-order valence-electron chi connectivity index (χ4n) is 2.59. The Balaban J connectivity index is 1.89. The summed E-state index contributed by atoms with van der Waals surface area (Å²) in [4.78, 5) is 12.2. The van der Waals surface area contributed by atoms with Gasteiger partial charge in [0.15, 0.2) is 0 Å². The molecule has 0 spiro atoms. The van der Waals surface area contributed by atoms with Gasteiger partial charge in [0.05, 0.1) is 8.49 Å². The summed E-state index contributed by atoms with van der Waals surface area (Å²) in [6, 6.07) is 2.42. The summed E-state index contributed by atoms with van der Waals surface area (Å²) in [7, 11) is 0. The molecule has 3 rings (SSSR count). The molecule has 2 fully saturated rings. The quantitative estimate of drug-likeness (QED) is 0.498. The van der Waals surface area contributed by atoms with Crippen molar-refractivity contribution >= 4 is 34.0 Å². The van der Waals surface area contributed by atoms with Crippen molar-refractivity contribution in [3.05, 3.63) is 31.6 Å². The largest absolute Gasteiger partial charge is 0.386 e. The maximum atomic E-state index is 13.6. The van der Waals surface area contributed by atoms with Crippen molar-refractivity contribution in [3.63, 3.8) is 0 Å². The first-order chi connectivity index (χ1) is 8.90. The van der Waals surface area contributed by atoms with E-state index in [9.17, 15) is 19.6 Å². The third-order valence-electron chi connectivity index (χ3n) is 3.82. The lowest BCUT2D eigenvalue weighted by molar-refractivity contribution is -0.384. The molecule has 0 amide bonds. The van der Waals surface area contributed by atoms with Gasteiger partial charge in [-0.15, -0.1) is 0 Å². The summed E-state index contributed by atoms with van der Waals surface area (Å²) >= 11 is 1.73. The van der Waals surface area contributed by atoms with Crippen LogP contribution in [0.2, 0.25) is 0 Å². The zero-order chi connectivity index (χ0) is 13.8. The number of nitro groups is 1. The van der Waals surface area contributed by atoms with E-state index < -0.39 is 16.3 Å². The number of nitro benzene ring substituents is 1. The second-order valence-corrected chi connectivity index (χ2v) is 6.41. The van der Waals surface area contributed by atoms with E-state index in [1.54, 1.807) is 27.5 Å². The minimum atomic E-state index is -0.743. The Bertz CT molecular complexity index is 556. The number of nitrogens with zero attached hydrogens (tertiary/aromatic N) is 2. The van der Waals surface area contributed by atoms with E-state index in [1.807, 2.05) is 0 Å². The fraction of sp³-hybridized carbons (Fsp3) is 0.500. The average molecular weight is 378 g/mol. The van der Waals surface area contributed by atoms with Crippen LogP contribution >= 0.6 is 22.6 Å². The molecule has 1 aliphatic carbocycles. The predicted molar refractivity (Wildman–Crippen MR) is 75.7 cm³/mol. The van der Waals surface area contributed by atoms with Crippen molar-refractivity contribution in [1.29, 1.82) is 0 Å². The van der Waals surface area contributed by atoms with Crippen LogP contribution in [0.25, 0.3) is 0 Å². The summed E-state index contributed by atoms with van der Waals surface area (Å²) in [6.07, 6.45) is 2.01. The molecule has 1 heterocycles. The van der Waals surface area contributed by atoms with E-state index in [1.165, 1.54) is 12.1 Å². The number of benzene rings is 1. The van der Waals surface area contributed by atoms with Gasteiger partial charge in [-0.2, -0.15) is 0 Å². The van der Waals surface area contributed by atoms with Gasteiger partial charge in [0.2, 0.25) is 0 Å². The molecule has 1 saturated heterocycles. The third kappa shape index (κ3) is 2.18. The van der Waals surface area contributed by atoms with Crippen LogP contribution < -0.4 is 4.90 Å². The van der Waals surface area contributed by atoms with E-state index in [2.05, 4.69) is 0 Å². The second kappa shape index (κ2) is 4.27. The number of halogens is 2. The van der Waals surface area contributed by atoms with Crippen LogP contribution in [0.3, 0.4) is 0 Å². The molecule has 1 aromatic rings. The Morgan fingerprint density at radius 1 is 1.47 bits per heavy atom. The molecule has 5 nitrogen and oxygen atoms in total. The minimum absolute atomic E-state index is 0.108. The number of hydrogen-bond donors (Lipinski definition) is 1. The third-order valence-corrected chi connectivity index (χ3v) is 4.65. The van der Waals surface area contributed by atoms with Crippen molar-refractivity contribution < 1.29 is 14.4 Å². The first-order valence-corrected chi connectivity index (χ1v) is 7.09. The molecule has 0 bridgehead atoms. The highest BCUT2D eigenvalue weighted by atomic mass is 127. The molecule has 1 N–H and O–H groups in total. The van der Waals surface area contributed by atoms with Crippen molar-refractivity contribution in [1.82, 2.24) is 0 Å². The summed E-state index contributed by atoms with van der Waals surface area (Å²) in [5.41, 5.74) is -0.593. The van der Waals surface area contributed by atoms with Crippen LogP contribution in [-0.4, -0.2) is 28.7 Å². The molecule has 0 unspecified atom stereocenters. The van der Waals surface area contributed by atoms with E-state index in [4.69, 9.17) is 0 Å². The highest BCUT2D eigenvalue weighted by molar-refractivity contribution is 14.1. The van der Waals surface area contributed by atoms with Gasteiger partial charge in [-0.25, -0.2) is 4.39 Å². The second-order valence-electron chi connectivity index (χ2n) is 5.25. The number of β-amino-alcohol motifs (C(OH)–C–C–N with tert-alkyl or cyclic N) is 1.